The molecule has 2 aromatic heterocycles. The van der Waals surface area contributed by atoms with Crippen LogP contribution < -0.4 is 5.32 Å². The Morgan fingerprint density at radius 1 is 1.07 bits per heavy atom. The minimum atomic E-state index is 0.804. The Balaban J connectivity index is 1.17. The molecule has 1 N–H and O–H groups in total. The van der Waals surface area contributed by atoms with Gasteiger partial charge in [0.25, 0.3) is 0 Å². The van der Waals surface area contributed by atoms with Crippen LogP contribution in [0.4, 0.5) is 5.82 Å². The Morgan fingerprint density at radius 3 is 2.73 bits per heavy atom. The third-order valence-corrected chi connectivity index (χ3v) is 7.23. The van der Waals surface area contributed by atoms with Crippen LogP contribution in [0, 0.1) is 5.92 Å². The standard InChI is InChI=1S/C24H28N4OS/c1-2-4-19(5-3-1)22-6-7-24(27-26-22)25-14-20-17-30-23-16-28(11-8-21(20)23)15-18-9-12-29-13-10-18/h1-7,17-18H,8-16H2,(H,25,27). The average Bonchev–Trinajstić information content (AvgIpc) is 3.21. The number of nitrogens with one attached hydrogen (secondary N) is 1. The molecule has 2 aliphatic rings. The number of rotatable bonds is 6. The first kappa shape index (κ1) is 19.7. The van der Waals surface area contributed by atoms with Crippen LogP contribution in [0.1, 0.15) is 28.8 Å². The molecule has 0 amide bonds. The quantitative estimate of drug-likeness (QED) is 0.631. The van der Waals surface area contributed by atoms with Crippen molar-refractivity contribution < 1.29 is 4.74 Å². The van der Waals surface area contributed by atoms with Gasteiger partial charge in [0.1, 0.15) is 5.82 Å². The maximum absolute atomic E-state index is 5.51. The normalized spacial score (nSPS) is 17.6. The van der Waals surface area contributed by atoms with Crippen molar-refractivity contribution in [1.29, 1.82) is 0 Å². The Labute approximate surface area is 182 Å². The molecule has 0 atom stereocenters. The molecule has 156 valence electrons. The van der Waals surface area contributed by atoms with Gasteiger partial charge in [-0.15, -0.1) is 21.5 Å². The lowest BCUT2D eigenvalue weighted by Crippen LogP contribution is -2.36. The van der Waals surface area contributed by atoms with Gasteiger partial charge in [-0.25, -0.2) is 0 Å². The molecule has 6 heteroatoms. The third kappa shape index (κ3) is 4.56. The van der Waals surface area contributed by atoms with Crippen molar-refractivity contribution in [2.24, 2.45) is 5.92 Å². The zero-order valence-electron chi connectivity index (χ0n) is 17.2. The van der Waals surface area contributed by atoms with E-state index in [1.54, 1.807) is 5.56 Å². The van der Waals surface area contributed by atoms with Crippen molar-refractivity contribution in [3.05, 3.63) is 63.8 Å². The summed E-state index contributed by atoms with van der Waals surface area (Å²) in [7, 11) is 0. The van der Waals surface area contributed by atoms with Crippen LogP contribution >= 0.6 is 11.3 Å². The minimum Gasteiger partial charge on any atom is -0.381 e. The molecule has 2 aliphatic heterocycles. The second-order valence-electron chi connectivity index (χ2n) is 8.23. The van der Waals surface area contributed by atoms with E-state index in [2.05, 4.69) is 37.9 Å². The molecule has 1 aromatic carbocycles. The van der Waals surface area contributed by atoms with Crippen molar-refractivity contribution in [2.75, 3.05) is 31.6 Å². The monoisotopic (exact) mass is 420 g/mol. The number of benzene rings is 1. The lowest BCUT2D eigenvalue weighted by Gasteiger charge is -2.32. The highest BCUT2D eigenvalue weighted by atomic mass is 32.1. The molecule has 30 heavy (non-hydrogen) atoms. The average molecular weight is 421 g/mol. The Morgan fingerprint density at radius 2 is 1.93 bits per heavy atom. The zero-order valence-corrected chi connectivity index (χ0v) is 18.0. The van der Waals surface area contributed by atoms with Crippen molar-refractivity contribution >= 4 is 17.2 Å². The first-order valence-corrected chi connectivity index (χ1v) is 11.7. The van der Waals surface area contributed by atoms with Crippen molar-refractivity contribution in [1.82, 2.24) is 15.1 Å². The topological polar surface area (TPSA) is 50.3 Å². The molecule has 0 aliphatic carbocycles. The first-order valence-electron chi connectivity index (χ1n) is 10.9. The molecule has 0 spiro atoms. The lowest BCUT2D eigenvalue weighted by atomic mass is 9.97. The van der Waals surface area contributed by atoms with Crippen LogP contribution in [0.25, 0.3) is 11.3 Å². The van der Waals surface area contributed by atoms with E-state index in [9.17, 15) is 0 Å². The number of nitrogens with zero attached hydrogens (tertiary/aromatic N) is 3. The number of aromatic nitrogens is 2. The van der Waals surface area contributed by atoms with Crippen LogP contribution in [0.3, 0.4) is 0 Å². The molecule has 5 nitrogen and oxygen atoms in total. The smallest absolute Gasteiger partial charge is 0.148 e. The van der Waals surface area contributed by atoms with E-state index in [1.165, 1.54) is 36.4 Å². The van der Waals surface area contributed by atoms with Crippen LogP contribution in [-0.2, 0) is 24.2 Å². The Kier molecular flexibility index (Phi) is 6.06. The predicted molar refractivity (Wildman–Crippen MR) is 122 cm³/mol. The van der Waals surface area contributed by atoms with Gasteiger partial charge >= 0.3 is 0 Å². The van der Waals surface area contributed by atoms with E-state index in [0.29, 0.717) is 0 Å². The maximum atomic E-state index is 5.51. The molecule has 0 unspecified atom stereocenters. The molecular formula is C24H28N4OS. The lowest BCUT2D eigenvalue weighted by molar-refractivity contribution is 0.0508. The predicted octanol–water partition coefficient (Wildman–Crippen LogP) is 4.60. The highest BCUT2D eigenvalue weighted by Crippen LogP contribution is 2.30. The Bertz CT molecular complexity index is 951. The highest BCUT2D eigenvalue weighted by molar-refractivity contribution is 7.10. The van der Waals surface area contributed by atoms with Gasteiger partial charge in [-0.1, -0.05) is 30.3 Å². The number of hydrogen-bond donors (Lipinski definition) is 1. The molecule has 4 heterocycles. The fraction of sp³-hybridized carbons (Fsp3) is 0.417. The van der Waals surface area contributed by atoms with Crippen molar-refractivity contribution in [2.45, 2.75) is 32.4 Å². The SMILES string of the molecule is c1ccc(-c2ccc(NCc3csc4c3CCN(CC3CCOCC3)C4)nn2)cc1. The molecule has 1 saturated heterocycles. The third-order valence-electron chi connectivity index (χ3n) is 6.16. The summed E-state index contributed by atoms with van der Waals surface area (Å²) in [4.78, 5) is 4.18. The summed E-state index contributed by atoms with van der Waals surface area (Å²) in [6.45, 7) is 6.17. The van der Waals surface area contributed by atoms with E-state index in [4.69, 9.17) is 4.74 Å². The summed E-state index contributed by atoms with van der Waals surface area (Å²) >= 11 is 1.91. The van der Waals surface area contributed by atoms with Gasteiger partial charge < -0.3 is 10.1 Å². The number of thiophene rings is 1. The van der Waals surface area contributed by atoms with Crippen molar-refractivity contribution in [3.8, 4) is 11.3 Å². The summed E-state index contributed by atoms with van der Waals surface area (Å²) in [6.07, 6.45) is 3.58. The summed E-state index contributed by atoms with van der Waals surface area (Å²) < 4.78 is 5.51. The summed E-state index contributed by atoms with van der Waals surface area (Å²) in [5.41, 5.74) is 4.95. The van der Waals surface area contributed by atoms with Crippen LogP contribution in [0.5, 0.6) is 0 Å². The van der Waals surface area contributed by atoms with E-state index >= 15 is 0 Å². The first-order chi connectivity index (χ1) is 14.8. The fourth-order valence-corrected chi connectivity index (χ4v) is 5.56. The summed E-state index contributed by atoms with van der Waals surface area (Å²) in [5, 5.41) is 14.5. The minimum absolute atomic E-state index is 0.804. The number of ether oxygens (including phenoxy) is 1. The summed E-state index contributed by atoms with van der Waals surface area (Å²) in [5.74, 6) is 1.63. The van der Waals surface area contributed by atoms with Gasteiger partial charge in [0.2, 0.25) is 0 Å². The van der Waals surface area contributed by atoms with Gasteiger partial charge in [0, 0.05) is 49.8 Å². The van der Waals surface area contributed by atoms with E-state index in [-0.39, 0.29) is 0 Å². The van der Waals surface area contributed by atoms with Gasteiger partial charge in [-0.3, -0.25) is 4.90 Å². The molecular weight excluding hydrogens is 392 g/mol. The maximum Gasteiger partial charge on any atom is 0.148 e. The second kappa shape index (κ2) is 9.25. The summed E-state index contributed by atoms with van der Waals surface area (Å²) in [6, 6.07) is 14.2. The van der Waals surface area contributed by atoms with E-state index in [1.807, 2.05) is 41.7 Å². The van der Waals surface area contributed by atoms with E-state index < -0.39 is 0 Å². The number of hydrogen-bond acceptors (Lipinski definition) is 6. The van der Waals surface area contributed by atoms with Gasteiger partial charge in [-0.2, -0.15) is 0 Å². The fourth-order valence-electron chi connectivity index (χ4n) is 4.42. The van der Waals surface area contributed by atoms with Crippen LogP contribution in [0.2, 0.25) is 0 Å². The number of anilines is 1. The van der Waals surface area contributed by atoms with Crippen molar-refractivity contribution in [3.63, 3.8) is 0 Å². The number of fused-ring (bicyclic) bond motifs is 1. The molecule has 0 saturated carbocycles. The molecule has 5 rings (SSSR count). The highest BCUT2D eigenvalue weighted by Gasteiger charge is 2.24. The zero-order chi connectivity index (χ0) is 20.2. The molecule has 0 bridgehead atoms. The van der Waals surface area contributed by atoms with Gasteiger partial charge in [0.05, 0.1) is 5.69 Å². The largest absolute Gasteiger partial charge is 0.381 e. The molecule has 1 fully saturated rings. The Hall–Kier alpha value is -2.28. The second-order valence-corrected chi connectivity index (χ2v) is 9.19. The van der Waals surface area contributed by atoms with Crippen LogP contribution in [-0.4, -0.2) is 41.4 Å². The molecule has 3 aromatic rings. The van der Waals surface area contributed by atoms with Crippen LogP contribution in [0.15, 0.2) is 47.8 Å². The molecule has 0 radical (unpaired) electrons. The van der Waals surface area contributed by atoms with E-state index in [0.717, 1.165) is 55.7 Å². The van der Waals surface area contributed by atoms with Gasteiger partial charge in [0.15, 0.2) is 0 Å². The van der Waals surface area contributed by atoms with Gasteiger partial charge in [-0.05, 0) is 53.8 Å².